The van der Waals surface area contributed by atoms with Gasteiger partial charge in [-0.25, -0.2) is 4.39 Å². The minimum Gasteiger partial charge on any atom is -0.489 e. The van der Waals surface area contributed by atoms with E-state index in [1.807, 2.05) is 0 Å². The number of hydrogen-bond acceptors (Lipinski definition) is 7. The molecule has 2 aliphatic heterocycles. The molecule has 2 heterocycles. The van der Waals surface area contributed by atoms with Gasteiger partial charge in [-0.05, 0) is 95.2 Å². The molecular weight excluding hydrogens is 588 g/mol. The van der Waals surface area contributed by atoms with E-state index in [1.54, 1.807) is 6.92 Å². The molecule has 0 N–H and O–H groups in total. The maximum atomic E-state index is 15.2. The van der Waals surface area contributed by atoms with Crippen molar-refractivity contribution in [2.45, 2.75) is 51.7 Å². The second-order valence-electron chi connectivity index (χ2n) is 10.9. The number of piperidine rings is 1. The van der Waals surface area contributed by atoms with Crippen molar-refractivity contribution in [1.29, 1.82) is 5.26 Å². The molecular formula is C30H32F4N4O4S. The topological polar surface area (TPSA) is 86.1 Å². The van der Waals surface area contributed by atoms with E-state index >= 15 is 4.39 Å². The zero-order valence-electron chi connectivity index (χ0n) is 24.0. The van der Waals surface area contributed by atoms with E-state index in [0.717, 1.165) is 36.9 Å². The van der Waals surface area contributed by atoms with Gasteiger partial charge in [-0.15, -0.1) is 0 Å². The van der Waals surface area contributed by atoms with E-state index in [-0.39, 0.29) is 40.7 Å². The molecule has 2 fully saturated rings. The van der Waals surface area contributed by atoms with Crippen LogP contribution >= 0.6 is 12.2 Å². The Hall–Kier alpha value is -3.76. The fourth-order valence-corrected chi connectivity index (χ4v) is 5.88. The van der Waals surface area contributed by atoms with Crippen molar-refractivity contribution in [2.75, 3.05) is 42.6 Å². The van der Waals surface area contributed by atoms with E-state index in [4.69, 9.17) is 27.0 Å². The van der Waals surface area contributed by atoms with Crippen LogP contribution in [0, 0.1) is 23.1 Å². The normalized spacial score (nSPS) is 17.7. The second-order valence-corrected chi connectivity index (χ2v) is 11.3. The molecule has 13 heteroatoms. The van der Waals surface area contributed by atoms with Crippen LogP contribution in [0.15, 0.2) is 36.4 Å². The molecule has 2 saturated heterocycles. The highest BCUT2D eigenvalue weighted by atomic mass is 32.1. The minimum absolute atomic E-state index is 0.00830. The first-order chi connectivity index (χ1) is 20.3. The number of nitriles is 1. The first kappa shape index (κ1) is 32.2. The highest BCUT2D eigenvalue weighted by Gasteiger charge is 2.51. The second kappa shape index (κ2) is 12.9. The Labute approximate surface area is 252 Å². The third kappa shape index (κ3) is 6.91. The number of nitrogens with zero attached hydrogens (tertiary/aromatic N) is 4. The average molecular weight is 621 g/mol. The zero-order chi connectivity index (χ0) is 31.5. The summed E-state index contributed by atoms with van der Waals surface area (Å²) in [6.07, 6.45) is -2.68. The van der Waals surface area contributed by atoms with Gasteiger partial charge in [0.1, 0.15) is 12.1 Å². The molecule has 0 spiro atoms. The van der Waals surface area contributed by atoms with Crippen LogP contribution < -0.4 is 14.5 Å². The van der Waals surface area contributed by atoms with Crippen molar-refractivity contribution < 1.29 is 36.6 Å². The lowest BCUT2D eigenvalue weighted by molar-refractivity contribution is -0.144. The molecule has 0 atom stereocenters. The number of benzene rings is 2. The molecule has 1 amide bonds. The molecule has 2 aliphatic rings. The maximum absolute atomic E-state index is 15.2. The Morgan fingerprint density at radius 2 is 1.81 bits per heavy atom. The number of thiocarbonyl (C=S) groups is 1. The molecule has 4 rings (SSSR count). The van der Waals surface area contributed by atoms with Gasteiger partial charge >= 0.3 is 12.1 Å². The molecule has 0 bridgehead atoms. The summed E-state index contributed by atoms with van der Waals surface area (Å²) in [7, 11) is 0. The Morgan fingerprint density at radius 1 is 1.14 bits per heavy atom. The summed E-state index contributed by atoms with van der Waals surface area (Å²) in [5, 5.41) is 8.98. The van der Waals surface area contributed by atoms with Crippen LogP contribution in [0.3, 0.4) is 0 Å². The van der Waals surface area contributed by atoms with Crippen LogP contribution in [-0.4, -0.2) is 60.3 Å². The molecule has 0 radical (unpaired) electrons. The van der Waals surface area contributed by atoms with Crippen LogP contribution in [0.5, 0.6) is 5.75 Å². The summed E-state index contributed by atoms with van der Waals surface area (Å²) in [6.45, 7) is 7.63. The molecule has 2 aromatic rings. The zero-order valence-corrected chi connectivity index (χ0v) is 24.9. The van der Waals surface area contributed by atoms with Crippen LogP contribution in [-0.2, 0) is 20.5 Å². The summed E-state index contributed by atoms with van der Waals surface area (Å²) in [4.78, 5) is 29.6. The summed E-state index contributed by atoms with van der Waals surface area (Å²) in [5.41, 5.74) is -3.04. The molecule has 0 saturated carbocycles. The van der Waals surface area contributed by atoms with E-state index in [1.165, 1.54) is 49.1 Å². The number of alkyl halides is 3. The quantitative estimate of drug-likeness (QED) is 0.201. The standard InChI is InChI=1S/C30H32F4N4O4S/c1-4-41-26(39)15-19-9-11-36(12-10-19)13-14-42-25-8-7-22(17-24(25)31)38-28(43)37(27(40)29(38,2)3)21-6-5-20(18-35)23(16-21)30(32,33)34/h5-8,16-17,19H,4,9-15H2,1-3H3. The van der Waals surface area contributed by atoms with Crippen LogP contribution in [0.25, 0.3) is 0 Å². The number of esters is 1. The molecule has 230 valence electrons. The van der Waals surface area contributed by atoms with Gasteiger partial charge < -0.3 is 14.4 Å². The first-order valence-corrected chi connectivity index (χ1v) is 14.3. The van der Waals surface area contributed by atoms with E-state index in [0.29, 0.717) is 25.6 Å². The fourth-order valence-electron chi connectivity index (χ4n) is 5.36. The Bertz CT molecular complexity index is 1430. The Balaban J connectivity index is 1.42. The largest absolute Gasteiger partial charge is 0.489 e. The number of anilines is 2. The number of carbonyl (C=O) groups is 2. The van der Waals surface area contributed by atoms with Gasteiger partial charge in [-0.2, -0.15) is 18.4 Å². The van der Waals surface area contributed by atoms with Gasteiger partial charge in [0.05, 0.1) is 29.5 Å². The maximum Gasteiger partial charge on any atom is 0.417 e. The highest BCUT2D eigenvalue weighted by Crippen LogP contribution is 2.40. The molecule has 0 unspecified atom stereocenters. The SMILES string of the molecule is CCOC(=O)CC1CCN(CCOc2ccc(N3C(=S)N(c4ccc(C#N)c(C(F)(F)F)c4)C(=O)C3(C)C)cc2F)CC1. The van der Waals surface area contributed by atoms with Crippen molar-refractivity contribution in [3.63, 3.8) is 0 Å². The average Bonchev–Trinajstić information content (AvgIpc) is 3.12. The molecule has 8 nitrogen and oxygen atoms in total. The van der Waals surface area contributed by atoms with Gasteiger partial charge in [0, 0.05) is 24.7 Å². The van der Waals surface area contributed by atoms with Crippen LogP contribution in [0.2, 0.25) is 0 Å². The first-order valence-electron chi connectivity index (χ1n) is 13.9. The number of carbonyl (C=O) groups excluding carboxylic acids is 2. The lowest BCUT2D eigenvalue weighted by Gasteiger charge is -2.31. The third-order valence-corrected chi connectivity index (χ3v) is 8.03. The summed E-state index contributed by atoms with van der Waals surface area (Å²) in [6, 6.07) is 8.55. The van der Waals surface area contributed by atoms with E-state index < -0.39 is 34.6 Å². The van der Waals surface area contributed by atoms with Gasteiger partial charge in [0.2, 0.25) is 0 Å². The van der Waals surface area contributed by atoms with Gasteiger partial charge in [0.15, 0.2) is 16.7 Å². The summed E-state index contributed by atoms with van der Waals surface area (Å²) >= 11 is 5.51. The summed E-state index contributed by atoms with van der Waals surface area (Å²) < 4.78 is 66.6. The van der Waals surface area contributed by atoms with Crippen LogP contribution in [0.4, 0.5) is 28.9 Å². The van der Waals surface area contributed by atoms with Gasteiger partial charge in [-0.3, -0.25) is 19.4 Å². The number of halogens is 4. The Morgan fingerprint density at radius 3 is 2.42 bits per heavy atom. The fraction of sp³-hybridized carbons (Fsp3) is 0.467. The predicted octanol–water partition coefficient (Wildman–Crippen LogP) is 5.68. The monoisotopic (exact) mass is 620 g/mol. The summed E-state index contributed by atoms with van der Waals surface area (Å²) in [5.74, 6) is -1.18. The number of likely N-dealkylation sites (tertiary alicyclic amines) is 1. The van der Waals surface area contributed by atoms with Crippen molar-refractivity contribution >= 4 is 40.6 Å². The Kier molecular flexibility index (Phi) is 9.61. The van der Waals surface area contributed by atoms with Crippen LogP contribution in [0.1, 0.15) is 51.2 Å². The predicted molar refractivity (Wildman–Crippen MR) is 155 cm³/mol. The van der Waals surface area contributed by atoms with E-state index in [2.05, 4.69) is 4.90 Å². The third-order valence-electron chi connectivity index (χ3n) is 7.66. The molecule has 0 aromatic heterocycles. The van der Waals surface area contributed by atoms with Gasteiger partial charge in [-0.1, -0.05) is 0 Å². The molecule has 2 aromatic carbocycles. The lowest BCUT2D eigenvalue weighted by Crippen LogP contribution is -2.44. The number of ether oxygens (including phenoxy) is 2. The van der Waals surface area contributed by atoms with Crippen molar-refractivity contribution in [2.24, 2.45) is 5.92 Å². The minimum atomic E-state index is -4.82. The lowest BCUT2D eigenvalue weighted by atomic mass is 9.94. The number of rotatable bonds is 9. The molecule has 43 heavy (non-hydrogen) atoms. The van der Waals surface area contributed by atoms with Gasteiger partial charge in [0.25, 0.3) is 5.91 Å². The van der Waals surface area contributed by atoms with E-state index in [9.17, 15) is 22.8 Å². The number of hydrogen-bond donors (Lipinski definition) is 0. The smallest absolute Gasteiger partial charge is 0.417 e. The molecule has 0 aliphatic carbocycles. The van der Waals surface area contributed by atoms with Crippen molar-refractivity contribution in [1.82, 2.24) is 4.90 Å². The number of amides is 1. The highest BCUT2D eigenvalue weighted by molar-refractivity contribution is 7.81. The van der Waals surface area contributed by atoms with Crippen molar-refractivity contribution in [3.8, 4) is 11.8 Å². The van der Waals surface area contributed by atoms with Crippen molar-refractivity contribution in [3.05, 3.63) is 53.3 Å².